The molecule has 0 amide bonds. The first-order chi connectivity index (χ1) is 8.29. The number of rotatable bonds is 4. The molecule has 0 bridgehead atoms. The van der Waals surface area contributed by atoms with Crippen molar-refractivity contribution >= 4 is 17.7 Å². The second-order valence-electron chi connectivity index (χ2n) is 3.88. The first-order valence-electron chi connectivity index (χ1n) is 5.66. The van der Waals surface area contributed by atoms with E-state index in [0.717, 1.165) is 37.6 Å². The van der Waals surface area contributed by atoms with Crippen LogP contribution in [0.1, 0.15) is 29.2 Å². The summed E-state index contributed by atoms with van der Waals surface area (Å²) in [5.41, 5.74) is 0. The van der Waals surface area contributed by atoms with Crippen LogP contribution in [0.2, 0.25) is 0 Å². The average Bonchev–Trinajstić information content (AvgIpc) is 2.85. The van der Waals surface area contributed by atoms with E-state index in [4.69, 9.17) is 9.15 Å². The van der Waals surface area contributed by atoms with Crippen molar-refractivity contribution in [1.82, 2.24) is 0 Å². The maximum absolute atomic E-state index is 11.2. The van der Waals surface area contributed by atoms with Gasteiger partial charge in [-0.1, -0.05) is 0 Å². The molecule has 0 radical (unpaired) electrons. The van der Waals surface area contributed by atoms with Crippen LogP contribution in [-0.2, 0) is 15.2 Å². The van der Waals surface area contributed by atoms with Gasteiger partial charge in [0.15, 0.2) is 0 Å². The largest absolute Gasteiger partial charge is 0.463 e. The first kappa shape index (κ1) is 12.5. The highest BCUT2D eigenvalue weighted by atomic mass is 32.2. The van der Waals surface area contributed by atoms with Crippen LogP contribution in [0.3, 0.4) is 0 Å². The van der Waals surface area contributed by atoms with Crippen LogP contribution in [0.25, 0.3) is 0 Å². The zero-order valence-electron chi connectivity index (χ0n) is 9.81. The number of methoxy groups -OCH3 is 1. The van der Waals surface area contributed by atoms with Crippen molar-refractivity contribution in [3.63, 3.8) is 0 Å². The number of carbonyl (C=O) groups is 1. The summed E-state index contributed by atoms with van der Waals surface area (Å²) in [6, 6.07) is 3.49. The minimum atomic E-state index is -0.424. The maximum atomic E-state index is 11.2. The van der Waals surface area contributed by atoms with Crippen molar-refractivity contribution in [1.29, 1.82) is 0 Å². The Bertz CT molecular complexity index is 368. The Morgan fingerprint density at radius 3 is 2.94 bits per heavy atom. The molecule has 2 rings (SSSR count). The lowest BCUT2D eigenvalue weighted by atomic mass is 10.2. The van der Waals surface area contributed by atoms with Crippen molar-refractivity contribution in [2.75, 3.05) is 20.3 Å². The van der Waals surface area contributed by atoms with Gasteiger partial charge in [0.05, 0.1) is 12.9 Å². The van der Waals surface area contributed by atoms with E-state index in [1.165, 1.54) is 7.11 Å². The monoisotopic (exact) mass is 256 g/mol. The molecule has 0 saturated carbocycles. The molecule has 0 spiro atoms. The van der Waals surface area contributed by atoms with Crippen LogP contribution in [0, 0.1) is 0 Å². The predicted molar refractivity (Wildman–Crippen MR) is 65.2 cm³/mol. The van der Waals surface area contributed by atoms with Gasteiger partial charge in [0, 0.05) is 18.5 Å². The Labute approximate surface area is 105 Å². The van der Waals surface area contributed by atoms with Gasteiger partial charge in [-0.05, 0) is 25.0 Å². The molecule has 2 heterocycles. The van der Waals surface area contributed by atoms with Crippen LogP contribution < -0.4 is 0 Å². The molecule has 94 valence electrons. The molecular formula is C12H16O4S. The van der Waals surface area contributed by atoms with Gasteiger partial charge in [0.2, 0.25) is 5.76 Å². The lowest BCUT2D eigenvalue weighted by Crippen LogP contribution is -2.17. The highest BCUT2D eigenvalue weighted by Gasteiger charge is 2.16. The Morgan fingerprint density at radius 1 is 1.47 bits per heavy atom. The lowest BCUT2D eigenvalue weighted by Gasteiger charge is -2.20. The zero-order valence-corrected chi connectivity index (χ0v) is 10.6. The van der Waals surface area contributed by atoms with E-state index in [-0.39, 0.29) is 5.76 Å². The Balaban J connectivity index is 1.82. The summed E-state index contributed by atoms with van der Waals surface area (Å²) in [4.78, 5) is 11.2. The molecular weight excluding hydrogens is 240 g/mol. The third kappa shape index (κ3) is 3.51. The number of furan rings is 1. The summed E-state index contributed by atoms with van der Waals surface area (Å²) in [5, 5.41) is 0.635. The van der Waals surface area contributed by atoms with Crippen molar-refractivity contribution in [2.24, 2.45) is 0 Å². The highest BCUT2D eigenvalue weighted by Crippen LogP contribution is 2.26. The molecule has 1 fully saturated rings. The van der Waals surface area contributed by atoms with E-state index >= 15 is 0 Å². The zero-order chi connectivity index (χ0) is 12.1. The fourth-order valence-electron chi connectivity index (χ4n) is 1.71. The third-order valence-corrected chi connectivity index (χ3v) is 4.07. The quantitative estimate of drug-likeness (QED) is 0.774. The number of hydrogen-bond donors (Lipinski definition) is 0. The van der Waals surface area contributed by atoms with E-state index in [1.807, 2.05) is 17.8 Å². The topological polar surface area (TPSA) is 48.7 Å². The normalized spacial score (nSPS) is 17.0. The number of carbonyl (C=O) groups excluding carboxylic acids is 1. The number of hydrogen-bond acceptors (Lipinski definition) is 5. The Morgan fingerprint density at radius 2 is 2.24 bits per heavy atom. The molecule has 1 saturated heterocycles. The maximum Gasteiger partial charge on any atom is 0.373 e. The fourth-order valence-corrected chi connectivity index (χ4v) is 2.79. The van der Waals surface area contributed by atoms with E-state index in [2.05, 4.69) is 4.74 Å². The van der Waals surface area contributed by atoms with Crippen molar-refractivity contribution < 1.29 is 18.7 Å². The van der Waals surface area contributed by atoms with Gasteiger partial charge in [-0.15, -0.1) is 0 Å². The van der Waals surface area contributed by atoms with Crippen LogP contribution in [0.5, 0.6) is 0 Å². The Hall–Kier alpha value is -0.940. The number of ether oxygens (including phenoxy) is 2. The van der Waals surface area contributed by atoms with Gasteiger partial charge in [-0.25, -0.2) is 4.79 Å². The molecule has 0 unspecified atom stereocenters. The van der Waals surface area contributed by atoms with E-state index in [0.29, 0.717) is 5.25 Å². The minimum Gasteiger partial charge on any atom is -0.463 e. The van der Waals surface area contributed by atoms with Gasteiger partial charge >= 0.3 is 5.97 Å². The average molecular weight is 256 g/mol. The number of esters is 1. The van der Waals surface area contributed by atoms with E-state index < -0.39 is 5.97 Å². The van der Waals surface area contributed by atoms with Crippen LogP contribution in [0.4, 0.5) is 0 Å². The second-order valence-corrected chi connectivity index (χ2v) is 5.17. The molecule has 4 nitrogen and oxygen atoms in total. The summed E-state index contributed by atoms with van der Waals surface area (Å²) < 4.78 is 15.3. The molecule has 5 heteroatoms. The fraction of sp³-hybridized carbons (Fsp3) is 0.583. The predicted octanol–water partition coefficient (Wildman–Crippen LogP) is 2.48. The molecule has 17 heavy (non-hydrogen) atoms. The summed E-state index contributed by atoms with van der Waals surface area (Å²) in [6.45, 7) is 1.70. The van der Waals surface area contributed by atoms with Crippen LogP contribution >= 0.6 is 11.8 Å². The van der Waals surface area contributed by atoms with Crippen molar-refractivity contribution in [3.8, 4) is 0 Å². The number of thioether (sulfide) groups is 1. The molecule has 0 aliphatic carbocycles. The lowest BCUT2D eigenvalue weighted by molar-refractivity contribution is 0.0563. The first-order valence-corrected chi connectivity index (χ1v) is 6.71. The molecule has 1 aromatic rings. The summed E-state index contributed by atoms with van der Waals surface area (Å²) in [6.07, 6.45) is 2.18. The van der Waals surface area contributed by atoms with E-state index in [9.17, 15) is 4.79 Å². The molecule has 1 aromatic heterocycles. The van der Waals surface area contributed by atoms with Gasteiger partial charge in [-0.3, -0.25) is 0 Å². The minimum absolute atomic E-state index is 0.273. The standard InChI is InChI=1S/C12H16O4S/c1-14-12(13)11-3-2-9(16-11)8-17-10-4-6-15-7-5-10/h2-3,10H,4-8H2,1H3. The van der Waals surface area contributed by atoms with Crippen LogP contribution in [0.15, 0.2) is 16.5 Å². The van der Waals surface area contributed by atoms with Gasteiger partial charge in [0.1, 0.15) is 5.76 Å². The van der Waals surface area contributed by atoms with Crippen LogP contribution in [-0.4, -0.2) is 31.5 Å². The summed E-state index contributed by atoms with van der Waals surface area (Å²) in [7, 11) is 1.35. The third-order valence-electron chi connectivity index (χ3n) is 2.68. The highest BCUT2D eigenvalue weighted by molar-refractivity contribution is 7.99. The molecule has 1 aliphatic rings. The second kappa shape index (κ2) is 6.12. The molecule has 0 N–H and O–H groups in total. The van der Waals surface area contributed by atoms with Crippen molar-refractivity contribution in [3.05, 3.63) is 23.7 Å². The van der Waals surface area contributed by atoms with Crippen molar-refractivity contribution in [2.45, 2.75) is 23.8 Å². The van der Waals surface area contributed by atoms with E-state index in [1.54, 1.807) is 6.07 Å². The Kier molecular flexibility index (Phi) is 4.50. The van der Waals surface area contributed by atoms with Gasteiger partial charge in [0.25, 0.3) is 0 Å². The molecule has 1 aliphatic heterocycles. The smallest absolute Gasteiger partial charge is 0.373 e. The molecule has 0 aromatic carbocycles. The molecule has 0 atom stereocenters. The summed E-state index contributed by atoms with van der Waals surface area (Å²) >= 11 is 1.86. The van der Waals surface area contributed by atoms with Gasteiger partial charge in [-0.2, -0.15) is 11.8 Å². The SMILES string of the molecule is COC(=O)c1ccc(CSC2CCOCC2)o1. The summed E-state index contributed by atoms with van der Waals surface area (Å²) in [5.74, 6) is 1.46. The van der Waals surface area contributed by atoms with Gasteiger partial charge < -0.3 is 13.9 Å².